The number of carbonyl (C=O) groups is 1. The number of hydrogen-bond donors (Lipinski definition) is 1. The minimum atomic E-state index is 0.0531. The first-order valence-electron chi connectivity index (χ1n) is 7.40. The first-order valence-corrected chi connectivity index (χ1v) is 7.40. The predicted molar refractivity (Wildman–Crippen MR) is 73.5 cm³/mol. The van der Waals surface area contributed by atoms with Gasteiger partial charge in [-0.15, -0.1) is 0 Å². The fourth-order valence-corrected chi connectivity index (χ4v) is 3.01. The number of nitrogens with one attached hydrogen (secondary N) is 1. The van der Waals surface area contributed by atoms with Gasteiger partial charge in [-0.3, -0.25) is 4.79 Å². The monoisotopic (exact) mass is 253 g/mol. The molecule has 0 aliphatic carbocycles. The molecule has 2 unspecified atom stereocenters. The van der Waals surface area contributed by atoms with Crippen molar-refractivity contribution >= 4 is 5.91 Å². The van der Waals surface area contributed by atoms with Gasteiger partial charge < -0.3 is 15.1 Å². The van der Waals surface area contributed by atoms with E-state index in [4.69, 9.17) is 0 Å². The Hall–Kier alpha value is -0.610. The number of likely N-dealkylation sites (tertiary alicyclic amines) is 1. The number of nitrogens with zero attached hydrogens (tertiary/aromatic N) is 2. The summed E-state index contributed by atoms with van der Waals surface area (Å²) in [7, 11) is 1.94. The lowest BCUT2D eigenvalue weighted by Crippen LogP contribution is -2.51. The van der Waals surface area contributed by atoms with Gasteiger partial charge in [0.2, 0.25) is 5.91 Å². The van der Waals surface area contributed by atoms with Crippen molar-refractivity contribution in [3.63, 3.8) is 0 Å². The Labute approximate surface area is 111 Å². The summed E-state index contributed by atoms with van der Waals surface area (Å²) in [5, 5.41) is 3.42. The summed E-state index contributed by atoms with van der Waals surface area (Å²) in [6.45, 7) is 6.49. The van der Waals surface area contributed by atoms with Crippen molar-refractivity contribution in [1.29, 1.82) is 0 Å². The summed E-state index contributed by atoms with van der Waals surface area (Å²) in [5.74, 6) is 0.278. The SMILES string of the molecule is CC1CCCC(C(=O)N(C)CCN2CCCC2)N1. The summed E-state index contributed by atoms with van der Waals surface area (Å²) in [4.78, 5) is 16.7. The predicted octanol–water partition coefficient (Wildman–Crippen LogP) is 1.07. The van der Waals surface area contributed by atoms with E-state index in [1.54, 1.807) is 0 Å². The fraction of sp³-hybridized carbons (Fsp3) is 0.929. The molecular weight excluding hydrogens is 226 g/mol. The van der Waals surface area contributed by atoms with E-state index in [2.05, 4.69) is 17.1 Å². The molecule has 2 aliphatic heterocycles. The largest absolute Gasteiger partial charge is 0.343 e. The molecule has 2 aliphatic rings. The third kappa shape index (κ3) is 3.69. The second kappa shape index (κ2) is 6.53. The zero-order valence-corrected chi connectivity index (χ0v) is 11.8. The van der Waals surface area contributed by atoms with Crippen molar-refractivity contribution in [2.75, 3.05) is 33.2 Å². The molecule has 2 heterocycles. The number of carbonyl (C=O) groups excluding carboxylic acids is 1. The molecule has 0 aromatic rings. The van der Waals surface area contributed by atoms with Crippen LogP contribution in [0.25, 0.3) is 0 Å². The maximum atomic E-state index is 12.3. The maximum absolute atomic E-state index is 12.3. The molecule has 2 rings (SSSR count). The second-order valence-electron chi connectivity index (χ2n) is 5.86. The number of piperidine rings is 1. The number of likely N-dealkylation sites (N-methyl/N-ethyl adjacent to an activating group) is 1. The molecule has 0 radical (unpaired) electrons. The number of amides is 1. The molecule has 0 bridgehead atoms. The van der Waals surface area contributed by atoms with Gasteiger partial charge in [0.1, 0.15) is 0 Å². The van der Waals surface area contributed by atoms with Crippen molar-refractivity contribution in [3.05, 3.63) is 0 Å². The van der Waals surface area contributed by atoms with E-state index in [0.29, 0.717) is 6.04 Å². The fourth-order valence-electron chi connectivity index (χ4n) is 3.01. The van der Waals surface area contributed by atoms with Crippen LogP contribution >= 0.6 is 0 Å². The van der Waals surface area contributed by atoms with Crippen molar-refractivity contribution in [2.24, 2.45) is 0 Å². The van der Waals surface area contributed by atoms with Crippen molar-refractivity contribution in [1.82, 2.24) is 15.1 Å². The Morgan fingerprint density at radius 2 is 2.00 bits per heavy atom. The molecular formula is C14H27N3O. The van der Waals surface area contributed by atoms with E-state index < -0.39 is 0 Å². The van der Waals surface area contributed by atoms with Crippen LogP contribution in [-0.2, 0) is 4.79 Å². The highest BCUT2D eigenvalue weighted by molar-refractivity contribution is 5.81. The standard InChI is InChI=1S/C14H27N3O/c1-12-6-5-7-13(15-12)14(18)16(2)10-11-17-8-3-4-9-17/h12-13,15H,3-11H2,1-2H3. The van der Waals surface area contributed by atoms with Crippen LogP contribution in [0.15, 0.2) is 0 Å². The number of rotatable bonds is 4. The Bertz CT molecular complexity index is 276. The van der Waals surface area contributed by atoms with Crippen molar-refractivity contribution < 1.29 is 4.79 Å². The Kier molecular flexibility index (Phi) is 5.01. The van der Waals surface area contributed by atoms with Crippen LogP contribution in [-0.4, -0.2) is 61.0 Å². The summed E-state index contributed by atoms with van der Waals surface area (Å²) in [5.41, 5.74) is 0. The molecule has 4 heteroatoms. The van der Waals surface area contributed by atoms with Gasteiger partial charge >= 0.3 is 0 Å². The molecule has 0 spiro atoms. The minimum Gasteiger partial charge on any atom is -0.343 e. The summed E-state index contributed by atoms with van der Waals surface area (Å²) >= 11 is 0. The number of hydrogen-bond acceptors (Lipinski definition) is 3. The summed E-state index contributed by atoms with van der Waals surface area (Å²) in [6, 6.07) is 0.539. The second-order valence-corrected chi connectivity index (χ2v) is 5.86. The van der Waals surface area contributed by atoms with Gasteiger partial charge in [-0.25, -0.2) is 0 Å². The zero-order valence-electron chi connectivity index (χ0n) is 11.8. The highest BCUT2D eigenvalue weighted by atomic mass is 16.2. The van der Waals surface area contributed by atoms with Crippen LogP contribution in [0.1, 0.15) is 39.0 Å². The van der Waals surface area contributed by atoms with E-state index in [1.165, 1.54) is 38.8 Å². The Balaban J connectivity index is 1.73. The lowest BCUT2D eigenvalue weighted by atomic mass is 9.99. The Morgan fingerprint density at radius 1 is 1.28 bits per heavy atom. The molecule has 2 atom stereocenters. The normalized spacial score (nSPS) is 29.4. The van der Waals surface area contributed by atoms with Crippen LogP contribution in [0.3, 0.4) is 0 Å². The first kappa shape index (κ1) is 13.8. The van der Waals surface area contributed by atoms with Crippen molar-refractivity contribution in [2.45, 2.75) is 51.1 Å². The molecule has 18 heavy (non-hydrogen) atoms. The lowest BCUT2D eigenvalue weighted by Gasteiger charge is -2.31. The molecule has 2 saturated heterocycles. The molecule has 0 aromatic heterocycles. The summed E-state index contributed by atoms with van der Waals surface area (Å²) in [6.07, 6.45) is 6.00. The van der Waals surface area contributed by atoms with E-state index in [0.717, 1.165) is 19.5 Å². The summed E-state index contributed by atoms with van der Waals surface area (Å²) < 4.78 is 0. The van der Waals surface area contributed by atoms with E-state index in [9.17, 15) is 4.79 Å². The highest BCUT2D eigenvalue weighted by Gasteiger charge is 2.26. The molecule has 1 amide bonds. The first-order chi connectivity index (χ1) is 8.66. The van der Waals surface area contributed by atoms with Crippen molar-refractivity contribution in [3.8, 4) is 0 Å². The van der Waals surface area contributed by atoms with Crippen LogP contribution in [0, 0.1) is 0 Å². The maximum Gasteiger partial charge on any atom is 0.239 e. The molecule has 0 aromatic carbocycles. The Morgan fingerprint density at radius 3 is 2.67 bits per heavy atom. The van der Waals surface area contributed by atoms with Gasteiger partial charge in [-0.1, -0.05) is 0 Å². The van der Waals surface area contributed by atoms with Gasteiger partial charge in [0.15, 0.2) is 0 Å². The third-order valence-electron chi connectivity index (χ3n) is 4.24. The third-order valence-corrected chi connectivity index (χ3v) is 4.24. The average Bonchev–Trinajstić information content (AvgIpc) is 2.88. The zero-order chi connectivity index (χ0) is 13.0. The van der Waals surface area contributed by atoms with Gasteiger partial charge in [0.05, 0.1) is 6.04 Å². The van der Waals surface area contributed by atoms with E-state index in [1.807, 2.05) is 11.9 Å². The van der Waals surface area contributed by atoms with Gasteiger partial charge in [-0.05, 0) is 52.1 Å². The lowest BCUT2D eigenvalue weighted by molar-refractivity contribution is -0.133. The van der Waals surface area contributed by atoms with Crippen LogP contribution in [0.2, 0.25) is 0 Å². The van der Waals surface area contributed by atoms with Gasteiger partial charge in [0, 0.05) is 26.2 Å². The smallest absolute Gasteiger partial charge is 0.239 e. The highest BCUT2D eigenvalue weighted by Crippen LogP contribution is 2.14. The van der Waals surface area contributed by atoms with Gasteiger partial charge in [-0.2, -0.15) is 0 Å². The molecule has 4 nitrogen and oxygen atoms in total. The van der Waals surface area contributed by atoms with E-state index in [-0.39, 0.29) is 11.9 Å². The minimum absolute atomic E-state index is 0.0531. The molecule has 2 fully saturated rings. The quantitative estimate of drug-likeness (QED) is 0.814. The molecule has 1 N–H and O–H groups in total. The topological polar surface area (TPSA) is 35.6 Å². The molecule has 0 saturated carbocycles. The van der Waals surface area contributed by atoms with Gasteiger partial charge in [0.25, 0.3) is 0 Å². The van der Waals surface area contributed by atoms with Crippen LogP contribution < -0.4 is 5.32 Å². The average molecular weight is 253 g/mol. The van der Waals surface area contributed by atoms with E-state index >= 15 is 0 Å². The molecule has 104 valence electrons. The van der Waals surface area contributed by atoms with Crippen LogP contribution in [0.5, 0.6) is 0 Å². The van der Waals surface area contributed by atoms with Crippen LogP contribution in [0.4, 0.5) is 0 Å².